The molecule has 2 heterocycles. The second kappa shape index (κ2) is 8.73. The summed E-state index contributed by atoms with van der Waals surface area (Å²) < 4.78 is 1.73. The van der Waals surface area contributed by atoms with E-state index in [1.54, 1.807) is 46.1 Å². The number of hydrogen-bond acceptors (Lipinski definition) is 3. The number of nitrogens with one attached hydrogen (secondary N) is 1. The van der Waals surface area contributed by atoms with Crippen molar-refractivity contribution in [3.63, 3.8) is 0 Å². The predicted molar refractivity (Wildman–Crippen MR) is 124 cm³/mol. The molecule has 1 N–H and O–H groups in total. The molecule has 8 heteroatoms. The Morgan fingerprint density at radius 2 is 1.94 bits per heavy atom. The molecule has 0 bridgehead atoms. The lowest BCUT2D eigenvalue weighted by Gasteiger charge is -2.18. The monoisotopic (exact) mass is 456 g/mol. The van der Waals surface area contributed by atoms with E-state index in [-0.39, 0.29) is 17.7 Å². The lowest BCUT2D eigenvalue weighted by atomic mass is 10.0. The first-order valence-electron chi connectivity index (χ1n) is 10.1. The van der Waals surface area contributed by atoms with Crippen LogP contribution in [0.2, 0.25) is 10.0 Å². The van der Waals surface area contributed by atoms with E-state index in [9.17, 15) is 9.59 Å². The summed E-state index contributed by atoms with van der Waals surface area (Å²) in [5.74, 6) is -0.209. The van der Waals surface area contributed by atoms with Gasteiger partial charge in [-0.15, -0.1) is 0 Å². The zero-order chi connectivity index (χ0) is 22.1. The van der Waals surface area contributed by atoms with Crippen molar-refractivity contribution in [1.82, 2.24) is 9.78 Å². The third kappa shape index (κ3) is 4.31. The zero-order valence-electron chi connectivity index (χ0n) is 17.2. The van der Waals surface area contributed by atoms with Gasteiger partial charge in [0, 0.05) is 23.7 Å². The van der Waals surface area contributed by atoms with Crippen LogP contribution >= 0.6 is 23.2 Å². The number of carbonyl (C=O) groups is 2. The van der Waals surface area contributed by atoms with Crippen molar-refractivity contribution < 1.29 is 9.59 Å². The molecule has 0 atom stereocenters. The van der Waals surface area contributed by atoms with Gasteiger partial charge in [-0.05, 0) is 48.7 Å². The van der Waals surface area contributed by atoms with Crippen LogP contribution in [0.3, 0.4) is 0 Å². The fraction of sp³-hybridized carbons (Fsp3) is 0.261. The number of anilines is 2. The summed E-state index contributed by atoms with van der Waals surface area (Å²) in [6, 6.07) is 12.5. The Bertz CT molecular complexity index is 1160. The van der Waals surface area contributed by atoms with Crippen LogP contribution in [0.25, 0.3) is 5.69 Å². The third-order valence-corrected chi connectivity index (χ3v) is 5.80. The van der Waals surface area contributed by atoms with E-state index < -0.39 is 0 Å². The van der Waals surface area contributed by atoms with Crippen LogP contribution < -0.4 is 10.2 Å². The van der Waals surface area contributed by atoms with E-state index in [2.05, 4.69) is 10.4 Å². The standard InChI is InChI=1S/C23H22Cl2N4O2/c1-14(2)22-18(13-26-29(22)17-6-3-5-15(24)11-17)23(31)27-20-12-16(8-9-19(20)25)28-10-4-7-21(28)30/h3,5-6,8-9,11-14H,4,7,10H2,1-2H3,(H,27,31). The molecular formula is C23H22Cl2N4O2. The smallest absolute Gasteiger partial charge is 0.259 e. The molecule has 2 amide bonds. The highest BCUT2D eigenvalue weighted by molar-refractivity contribution is 6.34. The molecule has 1 aliphatic heterocycles. The molecule has 1 saturated heterocycles. The van der Waals surface area contributed by atoms with Crippen molar-refractivity contribution in [1.29, 1.82) is 0 Å². The van der Waals surface area contributed by atoms with Crippen LogP contribution in [-0.2, 0) is 4.79 Å². The Hall–Kier alpha value is -2.83. The van der Waals surface area contributed by atoms with Crippen molar-refractivity contribution in [3.05, 3.63) is 70.0 Å². The van der Waals surface area contributed by atoms with Crippen molar-refractivity contribution in [2.24, 2.45) is 0 Å². The quantitative estimate of drug-likeness (QED) is 0.536. The van der Waals surface area contributed by atoms with E-state index in [0.29, 0.717) is 34.3 Å². The van der Waals surface area contributed by atoms with Gasteiger partial charge in [-0.25, -0.2) is 4.68 Å². The number of rotatable bonds is 5. The fourth-order valence-corrected chi connectivity index (χ4v) is 4.14. The van der Waals surface area contributed by atoms with Crippen LogP contribution in [0.15, 0.2) is 48.7 Å². The van der Waals surface area contributed by atoms with Crippen molar-refractivity contribution in [2.45, 2.75) is 32.6 Å². The SMILES string of the molecule is CC(C)c1c(C(=O)Nc2cc(N3CCCC3=O)ccc2Cl)cnn1-c1cccc(Cl)c1. The van der Waals surface area contributed by atoms with Crippen molar-refractivity contribution in [2.75, 3.05) is 16.8 Å². The number of halogens is 2. The molecule has 31 heavy (non-hydrogen) atoms. The first kappa shape index (κ1) is 21.4. The molecule has 2 aromatic carbocycles. The minimum absolute atomic E-state index is 0.0336. The average Bonchev–Trinajstić information content (AvgIpc) is 3.36. The van der Waals surface area contributed by atoms with Gasteiger partial charge in [0.15, 0.2) is 0 Å². The minimum Gasteiger partial charge on any atom is -0.320 e. The summed E-state index contributed by atoms with van der Waals surface area (Å²) in [6.45, 7) is 4.67. The number of carbonyl (C=O) groups excluding carboxylic acids is 2. The maximum absolute atomic E-state index is 13.2. The van der Waals surface area contributed by atoms with Gasteiger partial charge in [-0.1, -0.05) is 43.1 Å². The summed E-state index contributed by atoms with van der Waals surface area (Å²) in [5, 5.41) is 8.32. The second-order valence-electron chi connectivity index (χ2n) is 7.76. The molecule has 0 spiro atoms. The maximum Gasteiger partial charge on any atom is 0.259 e. The molecule has 6 nitrogen and oxygen atoms in total. The van der Waals surface area contributed by atoms with Gasteiger partial charge in [-0.2, -0.15) is 5.10 Å². The maximum atomic E-state index is 13.2. The third-order valence-electron chi connectivity index (χ3n) is 5.23. The molecule has 4 rings (SSSR count). The minimum atomic E-state index is -0.316. The van der Waals surface area contributed by atoms with E-state index in [1.807, 2.05) is 26.0 Å². The number of nitrogens with zero attached hydrogens (tertiary/aromatic N) is 3. The molecule has 0 aliphatic carbocycles. The molecule has 1 aliphatic rings. The largest absolute Gasteiger partial charge is 0.320 e. The highest BCUT2D eigenvalue weighted by Gasteiger charge is 2.24. The summed E-state index contributed by atoms with van der Waals surface area (Å²) in [5.41, 5.74) is 3.17. The number of hydrogen-bond donors (Lipinski definition) is 1. The molecule has 0 saturated carbocycles. The van der Waals surface area contributed by atoms with E-state index in [4.69, 9.17) is 23.2 Å². The van der Waals surface area contributed by atoms with Crippen LogP contribution in [0.5, 0.6) is 0 Å². The Morgan fingerprint density at radius 3 is 2.61 bits per heavy atom. The molecule has 1 fully saturated rings. The average molecular weight is 457 g/mol. The summed E-state index contributed by atoms with van der Waals surface area (Å²) in [6.07, 6.45) is 2.90. The van der Waals surface area contributed by atoms with E-state index in [0.717, 1.165) is 23.5 Å². The highest BCUT2D eigenvalue weighted by atomic mass is 35.5. The normalized spacial score (nSPS) is 13.8. The van der Waals surface area contributed by atoms with Crippen LogP contribution in [0.4, 0.5) is 11.4 Å². The Morgan fingerprint density at radius 1 is 1.13 bits per heavy atom. The van der Waals surface area contributed by atoms with Crippen LogP contribution in [0.1, 0.15) is 48.7 Å². The number of benzene rings is 2. The second-order valence-corrected chi connectivity index (χ2v) is 8.60. The zero-order valence-corrected chi connectivity index (χ0v) is 18.7. The van der Waals surface area contributed by atoms with Gasteiger partial charge < -0.3 is 10.2 Å². The molecule has 1 aromatic heterocycles. The van der Waals surface area contributed by atoms with Gasteiger partial charge in [-0.3, -0.25) is 9.59 Å². The lowest BCUT2D eigenvalue weighted by molar-refractivity contribution is -0.117. The molecule has 0 unspecified atom stereocenters. The Labute approximate surface area is 190 Å². The van der Waals surface area contributed by atoms with Gasteiger partial charge >= 0.3 is 0 Å². The molecule has 3 aromatic rings. The molecule has 160 valence electrons. The fourth-order valence-electron chi connectivity index (χ4n) is 3.79. The van der Waals surface area contributed by atoms with Gasteiger partial charge in [0.05, 0.1) is 33.9 Å². The van der Waals surface area contributed by atoms with Gasteiger partial charge in [0.1, 0.15) is 0 Å². The first-order valence-corrected chi connectivity index (χ1v) is 10.9. The predicted octanol–water partition coefficient (Wildman–Crippen LogP) is 5.68. The topological polar surface area (TPSA) is 67.2 Å². The summed E-state index contributed by atoms with van der Waals surface area (Å²) in [4.78, 5) is 27.0. The Balaban J connectivity index is 1.66. The van der Waals surface area contributed by atoms with E-state index in [1.165, 1.54) is 0 Å². The first-order chi connectivity index (χ1) is 14.8. The van der Waals surface area contributed by atoms with Gasteiger partial charge in [0.25, 0.3) is 5.91 Å². The lowest BCUT2D eigenvalue weighted by Crippen LogP contribution is -2.24. The molecule has 0 radical (unpaired) electrons. The van der Waals surface area contributed by atoms with Crippen molar-refractivity contribution in [3.8, 4) is 5.69 Å². The summed E-state index contributed by atoms with van der Waals surface area (Å²) in [7, 11) is 0. The molecular weight excluding hydrogens is 435 g/mol. The highest BCUT2D eigenvalue weighted by Crippen LogP contribution is 2.31. The Kier molecular flexibility index (Phi) is 6.03. The summed E-state index contributed by atoms with van der Waals surface area (Å²) >= 11 is 12.5. The number of amides is 2. The van der Waals surface area contributed by atoms with E-state index >= 15 is 0 Å². The van der Waals surface area contributed by atoms with Crippen LogP contribution in [-0.4, -0.2) is 28.1 Å². The van der Waals surface area contributed by atoms with Crippen molar-refractivity contribution >= 4 is 46.4 Å². The van der Waals surface area contributed by atoms with Crippen LogP contribution in [0, 0.1) is 0 Å². The number of aromatic nitrogens is 2. The van der Waals surface area contributed by atoms with Gasteiger partial charge in [0.2, 0.25) is 5.91 Å².